The van der Waals surface area contributed by atoms with Crippen molar-refractivity contribution in [2.24, 2.45) is 5.73 Å². The summed E-state index contributed by atoms with van der Waals surface area (Å²) in [6, 6.07) is 0. The van der Waals surface area contributed by atoms with Gasteiger partial charge in [-0.05, 0) is 0 Å². The summed E-state index contributed by atoms with van der Waals surface area (Å²) >= 11 is 0. The average Bonchev–Trinajstić information content (AvgIpc) is 3.19. The minimum Gasteiger partial charge on any atom is -0.439 e. The highest BCUT2D eigenvalue weighted by Crippen LogP contribution is 2.66. The third-order valence-corrected chi connectivity index (χ3v) is 7.91. The molecule has 1 aliphatic rings. The Kier molecular flexibility index (Phi) is 7.55. The minimum atomic E-state index is -5.79. The van der Waals surface area contributed by atoms with Gasteiger partial charge in [-0.15, -0.1) is 0 Å². The highest BCUT2D eigenvalue weighted by Gasteiger charge is 2.49. The number of primary amides is 1. The third kappa shape index (κ3) is 6.70. The predicted molar refractivity (Wildman–Crippen MR) is 107 cm³/mol. The number of imidazole rings is 1. The summed E-state index contributed by atoms with van der Waals surface area (Å²) in [7, 11) is -17.0. The van der Waals surface area contributed by atoms with Crippen LogP contribution in [0, 0.1) is 0 Å². The monoisotopic (exact) mass is 566 g/mol. The zero-order chi connectivity index (χ0) is 26.3. The van der Waals surface area contributed by atoms with Crippen LogP contribution in [-0.2, 0) is 36.3 Å². The Hall–Kier alpha value is -2.25. The fourth-order valence-electron chi connectivity index (χ4n) is 2.94. The SMILES string of the molecule is NC(=O)O[C@@H]1[C@H](O)[C@@H](COP(=O)(O)OP(=O)(O)OP(=O)(O)O)O[C@H]1n1cnc2c(=O)[nH]c(N)nc21. The Labute approximate surface area is 192 Å². The van der Waals surface area contributed by atoms with E-state index in [2.05, 4.69) is 28.1 Å². The Morgan fingerprint density at radius 2 is 1.86 bits per heavy atom. The first-order valence-corrected chi connectivity index (χ1v) is 13.3. The van der Waals surface area contributed by atoms with Gasteiger partial charge >= 0.3 is 29.6 Å². The van der Waals surface area contributed by atoms with Crippen LogP contribution in [0.5, 0.6) is 0 Å². The van der Waals surface area contributed by atoms with Gasteiger partial charge in [-0.3, -0.25) is 18.9 Å². The second kappa shape index (κ2) is 9.66. The molecule has 3 heterocycles. The summed E-state index contributed by atoms with van der Waals surface area (Å²) in [6.45, 7) is -1.08. The van der Waals surface area contributed by atoms with Gasteiger partial charge in [0, 0.05) is 0 Å². The topological polar surface area (TPSA) is 331 Å². The molecule has 0 aliphatic carbocycles. The van der Waals surface area contributed by atoms with Crippen LogP contribution in [0.4, 0.5) is 10.7 Å². The molecular weight excluding hydrogens is 549 g/mol. The highest BCUT2D eigenvalue weighted by atomic mass is 31.3. The fourth-order valence-corrected chi connectivity index (χ4v) is 5.97. The van der Waals surface area contributed by atoms with E-state index in [-0.39, 0.29) is 17.1 Å². The highest BCUT2D eigenvalue weighted by molar-refractivity contribution is 7.66. The van der Waals surface area contributed by atoms with Crippen molar-refractivity contribution in [2.75, 3.05) is 12.3 Å². The Morgan fingerprint density at radius 3 is 2.46 bits per heavy atom. The van der Waals surface area contributed by atoms with E-state index in [1.54, 1.807) is 0 Å². The zero-order valence-electron chi connectivity index (χ0n) is 16.8. The summed E-state index contributed by atoms with van der Waals surface area (Å²) < 4.78 is 56.9. The van der Waals surface area contributed by atoms with E-state index in [1.165, 1.54) is 0 Å². The molecule has 0 bridgehead atoms. The number of carbonyl (C=O) groups excluding carboxylic acids is 1. The first kappa shape index (κ1) is 27.3. The first-order chi connectivity index (χ1) is 16.0. The van der Waals surface area contributed by atoms with Crippen molar-refractivity contribution < 1.29 is 65.8 Å². The molecule has 196 valence electrons. The van der Waals surface area contributed by atoms with E-state index < -0.39 is 66.3 Å². The number of fused-ring (bicyclic) bond motifs is 1. The fraction of sp³-hybridized carbons (Fsp3) is 0.455. The lowest BCUT2D eigenvalue weighted by Crippen LogP contribution is -2.38. The van der Waals surface area contributed by atoms with Gasteiger partial charge in [0.25, 0.3) is 5.56 Å². The summed E-state index contributed by atoms with van der Waals surface area (Å²) in [5.41, 5.74) is 9.39. The number of ether oxygens (including phenoxy) is 2. The van der Waals surface area contributed by atoms with E-state index in [0.29, 0.717) is 0 Å². The number of amides is 1. The molecule has 6 atom stereocenters. The van der Waals surface area contributed by atoms with Crippen LogP contribution in [0.1, 0.15) is 6.23 Å². The van der Waals surface area contributed by atoms with Gasteiger partial charge in [0.1, 0.15) is 12.2 Å². The van der Waals surface area contributed by atoms with E-state index in [0.717, 1.165) is 10.9 Å². The van der Waals surface area contributed by atoms with Gasteiger partial charge in [0.2, 0.25) is 5.95 Å². The normalized spacial score (nSPS) is 26.3. The molecule has 10 N–H and O–H groups in total. The van der Waals surface area contributed by atoms with Crippen molar-refractivity contribution in [3.05, 3.63) is 16.7 Å². The Balaban J connectivity index is 1.82. The van der Waals surface area contributed by atoms with E-state index in [4.69, 9.17) is 30.7 Å². The second-order valence-electron chi connectivity index (χ2n) is 6.62. The van der Waals surface area contributed by atoms with Crippen molar-refractivity contribution >= 4 is 46.7 Å². The van der Waals surface area contributed by atoms with Gasteiger partial charge in [-0.25, -0.2) is 23.5 Å². The number of phosphoric ester groups is 1. The average molecular weight is 566 g/mol. The number of nitrogens with two attached hydrogens (primary N) is 2. The molecule has 0 saturated carbocycles. The molecule has 35 heavy (non-hydrogen) atoms. The van der Waals surface area contributed by atoms with Gasteiger partial charge in [-0.1, -0.05) is 0 Å². The number of aromatic nitrogens is 4. The summed E-state index contributed by atoms with van der Waals surface area (Å²) in [5.74, 6) is -0.320. The van der Waals surface area contributed by atoms with Crippen molar-refractivity contribution in [1.29, 1.82) is 0 Å². The van der Waals surface area contributed by atoms with Crippen LogP contribution in [0.2, 0.25) is 0 Å². The van der Waals surface area contributed by atoms with Crippen LogP contribution < -0.4 is 17.0 Å². The number of rotatable bonds is 9. The van der Waals surface area contributed by atoms with Crippen molar-refractivity contribution in [3.8, 4) is 0 Å². The van der Waals surface area contributed by atoms with Crippen molar-refractivity contribution in [2.45, 2.75) is 24.5 Å². The number of nitrogens with one attached hydrogen (secondary N) is 1. The van der Waals surface area contributed by atoms with Crippen molar-refractivity contribution in [1.82, 2.24) is 19.5 Å². The number of H-pyrrole nitrogens is 1. The van der Waals surface area contributed by atoms with E-state index in [1.807, 2.05) is 0 Å². The molecule has 0 radical (unpaired) electrons. The molecule has 1 amide bonds. The molecule has 0 spiro atoms. The van der Waals surface area contributed by atoms with E-state index in [9.17, 15) is 38.2 Å². The lowest BCUT2D eigenvalue weighted by molar-refractivity contribution is -0.0515. The van der Waals surface area contributed by atoms with E-state index >= 15 is 0 Å². The number of anilines is 1. The number of carbonyl (C=O) groups is 1. The Morgan fingerprint density at radius 1 is 1.20 bits per heavy atom. The largest absolute Gasteiger partial charge is 0.490 e. The Bertz CT molecular complexity index is 1320. The number of aliphatic hydroxyl groups is 1. The van der Waals surface area contributed by atoms with Crippen LogP contribution in [0.15, 0.2) is 11.1 Å². The molecule has 0 aromatic carbocycles. The van der Waals surface area contributed by atoms with Crippen LogP contribution in [0.25, 0.3) is 11.2 Å². The summed E-state index contributed by atoms with van der Waals surface area (Å²) in [5, 5.41) is 10.5. The lowest BCUT2D eigenvalue weighted by atomic mass is 10.1. The lowest BCUT2D eigenvalue weighted by Gasteiger charge is -2.20. The predicted octanol–water partition coefficient (Wildman–Crippen LogP) is -2.23. The van der Waals surface area contributed by atoms with Crippen molar-refractivity contribution in [3.63, 3.8) is 0 Å². The van der Waals surface area contributed by atoms with Crippen LogP contribution in [-0.4, -0.2) is 75.2 Å². The quantitative estimate of drug-likeness (QED) is 0.149. The zero-order valence-corrected chi connectivity index (χ0v) is 19.4. The molecule has 2 unspecified atom stereocenters. The van der Waals surface area contributed by atoms with Gasteiger partial charge in [0.15, 0.2) is 23.5 Å². The maximum Gasteiger partial charge on any atom is 0.490 e. The number of aliphatic hydroxyl groups excluding tert-OH is 1. The number of hydrogen-bond acceptors (Lipinski definition) is 14. The maximum absolute atomic E-state index is 12.0. The van der Waals surface area contributed by atoms with Crippen LogP contribution >= 0.6 is 23.5 Å². The number of aromatic amines is 1. The van der Waals surface area contributed by atoms with Crippen LogP contribution in [0.3, 0.4) is 0 Å². The number of hydrogen-bond donors (Lipinski definition) is 8. The van der Waals surface area contributed by atoms with Gasteiger partial charge < -0.3 is 45.6 Å². The molecule has 2 aromatic rings. The number of nitrogens with zero attached hydrogens (tertiary/aromatic N) is 3. The molecule has 1 saturated heterocycles. The molecule has 1 aliphatic heterocycles. The smallest absolute Gasteiger partial charge is 0.439 e. The number of phosphoric acid groups is 3. The summed E-state index contributed by atoms with van der Waals surface area (Å²) in [6.07, 6.45) is -6.91. The third-order valence-electron chi connectivity index (χ3n) is 4.11. The summed E-state index contributed by atoms with van der Waals surface area (Å²) in [4.78, 5) is 69.0. The molecule has 2 aromatic heterocycles. The minimum absolute atomic E-state index is 0.171. The maximum atomic E-state index is 12.0. The molecule has 1 fully saturated rings. The van der Waals surface area contributed by atoms with Gasteiger partial charge in [-0.2, -0.15) is 13.6 Å². The molecule has 21 nitrogen and oxygen atoms in total. The van der Waals surface area contributed by atoms with Gasteiger partial charge in [0.05, 0.1) is 12.9 Å². The molecule has 3 rings (SSSR count). The first-order valence-electron chi connectivity index (χ1n) is 8.78. The number of nitrogen functional groups attached to an aromatic ring is 1. The molecule has 24 heteroatoms. The second-order valence-corrected chi connectivity index (χ2v) is 11.0. The molecular formula is C11H17N6O15P3. The standard InChI is InChI=1S/C11H17N6O15P3/c12-10-15-7-4(8(19)16-10)14-2-17(7)9-6(30-11(13)20)5(18)3(29-9)1-28-34(24,25)32-35(26,27)31-33(21,22)23/h2-3,5-6,9,18H,1H2,(H2,13,20)(H,24,25)(H,26,27)(H2,21,22,23)(H3,12,15,16,19)/t3-,5-,6-,9-/m1/s1.